The molecular weight excluding hydrogens is 310 g/mol. The van der Waals surface area contributed by atoms with Gasteiger partial charge < -0.3 is 21.0 Å². The number of aliphatic hydroxyl groups is 2. The maximum absolute atomic E-state index is 14.0. The van der Waals surface area contributed by atoms with Crippen LogP contribution in [0, 0.1) is 17.0 Å². The topological polar surface area (TPSA) is 149 Å². The lowest BCUT2D eigenvalue weighted by Crippen LogP contribution is -2.51. The van der Waals surface area contributed by atoms with E-state index in [1.165, 1.54) is 0 Å². The minimum atomic E-state index is -1.97. The zero-order chi connectivity index (χ0) is 17.6. The van der Waals surface area contributed by atoms with E-state index in [1.807, 2.05) is 0 Å². The highest BCUT2D eigenvalue weighted by Crippen LogP contribution is 2.26. The molecule has 0 aliphatic heterocycles. The van der Waals surface area contributed by atoms with Crippen LogP contribution in [0.2, 0.25) is 0 Å². The molecule has 1 atom stereocenters. The molecule has 9 N–H and O–H groups in total. The molecule has 0 aromatic heterocycles. The molecule has 23 heavy (non-hydrogen) atoms. The van der Waals surface area contributed by atoms with Crippen LogP contribution in [0.1, 0.15) is 5.56 Å². The third kappa shape index (κ3) is 5.14. The van der Waals surface area contributed by atoms with E-state index in [0.29, 0.717) is 6.07 Å². The first-order valence-corrected chi connectivity index (χ1v) is 6.50. The molecule has 0 bridgehead atoms. The van der Waals surface area contributed by atoms with E-state index in [-0.39, 0.29) is 24.4 Å². The number of nitrogens with zero attached hydrogens (tertiary/aromatic N) is 2. The van der Waals surface area contributed by atoms with E-state index in [9.17, 15) is 13.9 Å². The summed E-state index contributed by atoms with van der Waals surface area (Å²) in [6.45, 7) is -1.22. The summed E-state index contributed by atoms with van der Waals surface area (Å²) in [5, 5.41) is 28.4. The molecule has 10 heteroatoms. The highest BCUT2D eigenvalue weighted by molar-refractivity contribution is 5.49. The largest absolute Gasteiger partial charge is 0.399 e. The molecular formula is C13H20F2N6O2. The monoisotopic (exact) mass is 330 g/mol. The standard InChI is InChI=1S/C13H20F2N6O2/c14-9-1-2-11(12(15)3-9)13(23,7-21(19)8-16)6-20(18)4-10(17)5-22/h1-4,8,16,22-23H,5-7,17-19H2/b10-4-,16-8?. The first-order chi connectivity index (χ1) is 10.7. The maximum Gasteiger partial charge on any atom is 0.132 e. The van der Waals surface area contributed by atoms with Crippen LogP contribution in [0.15, 0.2) is 30.1 Å². The number of halogens is 2. The Morgan fingerprint density at radius 1 is 1.26 bits per heavy atom. The van der Waals surface area contributed by atoms with Crippen molar-refractivity contribution in [3.8, 4) is 0 Å². The first-order valence-electron chi connectivity index (χ1n) is 6.50. The summed E-state index contributed by atoms with van der Waals surface area (Å²) < 4.78 is 27.1. The zero-order valence-corrected chi connectivity index (χ0v) is 12.3. The average Bonchev–Trinajstić information content (AvgIpc) is 2.46. The predicted molar refractivity (Wildman–Crippen MR) is 80.2 cm³/mol. The molecule has 1 aromatic carbocycles. The summed E-state index contributed by atoms with van der Waals surface area (Å²) in [5.74, 6) is 9.34. The molecule has 0 spiro atoms. The Morgan fingerprint density at radius 2 is 1.87 bits per heavy atom. The Labute approximate surface area is 131 Å². The van der Waals surface area contributed by atoms with Gasteiger partial charge in [0.05, 0.1) is 31.7 Å². The van der Waals surface area contributed by atoms with Crippen LogP contribution >= 0.6 is 0 Å². The van der Waals surface area contributed by atoms with Crippen molar-refractivity contribution >= 4 is 6.34 Å². The second kappa shape index (κ2) is 7.83. The van der Waals surface area contributed by atoms with Gasteiger partial charge >= 0.3 is 0 Å². The van der Waals surface area contributed by atoms with Crippen LogP contribution in [-0.2, 0) is 5.60 Å². The number of benzene rings is 1. The van der Waals surface area contributed by atoms with Crippen molar-refractivity contribution in [1.82, 2.24) is 10.0 Å². The molecule has 0 aliphatic carbocycles. The van der Waals surface area contributed by atoms with E-state index in [1.54, 1.807) is 0 Å². The van der Waals surface area contributed by atoms with Gasteiger partial charge in [-0.05, 0) is 6.07 Å². The molecule has 0 radical (unpaired) electrons. The Hall–Kier alpha value is -2.27. The molecule has 8 nitrogen and oxygen atoms in total. The summed E-state index contributed by atoms with van der Waals surface area (Å²) in [6.07, 6.45) is 1.88. The van der Waals surface area contributed by atoms with Crippen LogP contribution in [0.25, 0.3) is 0 Å². The van der Waals surface area contributed by atoms with E-state index < -0.39 is 23.8 Å². The van der Waals surface area contributed by atoms with Crippen LogP contribution in [0.5, 0.6) is 0 Å². The molecule has 128 valence electrons. The number of rotatable bonds is 8. The normalized spacial score (nSPS) is 14.3. The van der Waals surface area contributed by atoms with Gasteiger partial charge in [-0.2, -0.15) is 0 Å². The van der Waals surface area contributed by atoms with Gasteiger partial charge in [0.25, 0.3) is 0 Å². The van der Waals surface area contributed by atoms with Gasteiger partial charge in [0.15, 0.2) is 0 Å². The third-order valence-electron chi connectivity index (χ3n) is 3.00. The number of hydrogen-bond donors (Lipinski definition) is 6. The summed E-state index contributed by atoms with van der Waals surface area (Å²) in [7, 11) is 0. The van der Waals surface area contributed by atoms with Crippen molar-refractivity contribution in [2.45, 2.75) is 5.60 Å². The lowest BCUT2D eigenvalue weighted by atomic mass is 9.92. The van der Waals surface area contributed by atoms with E-state index in [4.69, 9.17) is 27.9 Å². The molecule has 0 saturated carbocycles. The third-order valence-corrected chi connectivity index (χ3v) is 3.00. The summed E-state index contributed by atoms with van der Waals surface area (Å²) in [5.41, 5.74) is 3.23. The predicted octanol–water partition coefficient (Wildman–Crippen LogP) is -1.10. The van der Waals surface area contributed by atoms with Gasteiger partial charge in [-0.15, -0.1) is 0 Å². The molecule has 1 unspecified atom stereocenters. The summed E-state index contributed by atoms with van der Waals surface area (Å²) >= 11 is 0. The highest BCUT2D eigenvalue weighted by Gasteiger charge is 2.35. The van der Waals surface area contributed by atoms with E-state index in [2.05, 4.69) is 0 Å². The second-order valence-electron chi connectivity index (χ2n) is 4.99. The van der Waals surface area contributed by atoms with Crippen molar-refractivity contribution in [1.29, 1.82) is 5.41 Å². The lowest BCUT2D eigenvalue weighted by Gasteiger charge is -2.34. The second-order valence-corrected chi connectivity index (χ2v) is 4.99. The first kappa shape index (κ1) is 18.8. The molecule has 0 amide bonds. The SMILES string of the molecule is N=CN(N)CC(O)(CN(N)/C=C(\N)CO)c1ccc(F)cc1F. The fourth-order valence-corrected chi connectivity index (χ4v) is 2.04. The Balaban J connectivity index is 3.19. The van der Waals surface area contributed by atoms with Crippen molar-refractivity contribution in [3.63, 3.8) is 0 Å². The quantitative estimate of drug-likeness (QED) is 0.153. The maximum atomic E-state index is 14.0. The van der Waals surface area contributed by atoms with E-state index >= 15 is 0 Å². The van der Waals surface area contributed by atoms with Crippen LogP contribution in [0.4, 0.5) is 8.78 Å². The number of hydrazine groups is 2. The summed E-state index contributed by atoms with van der Waals surface area (Å²) in [4.78, 5) is 0. The van der Waals surface area contributed by atoms with Crippen LogP contribution < -0.4 is 17.4 Å². The van der Waals surface area contributed by atoms with Gasteiger partial charge in [0.2, 0.25) is 0 Å². The van der Waals surface area contributed by atoms with Gasteiger partial charge in [0, 0.05) is 17.8 Å². The van der Waals surface area contributed by atoms with E-state index in [0.717, 1.165) is 34.7 Å². The van der Waals surface area contributed by atoms with Crippen molar-refractivity contribution in [2.75, 3.05) is 19.7 Å². The lowest BCUT2D eigenvalue weighted by molar-refractivity contribution is -0.00972. The zero-order valence-electron chi connectivity index (χ0n) is 12.3. The van der Waals surface area contributed by atoms with Crippen molar-refractivity contribution in [2.24, 2.45) is 17.4 Å². The molecule has 0 saturated heterocycles. The smallest absolute Gasteiger partial charge is 0.132 e. The molecule has 1 aromatic rings. The number of hydrogen-bond acceptors (Lipinski definition) is 7. The molecule has 0 aliphatic rings. The fourth-order valence-electron chi connectivity index (χ4n) is 2.04. The number of nitrogens with two attached hydrogens (primary N) is 3. The Morgan fingerprint density at radius 3 is 2.39 bits per heavy atom. The number of aliphatic hydroxyl groups excluding tert-OH is 1. The van der Waals surface area contributed by atoms with Gasteiger partial charge in [-0.25, -0.2) is 20.5 Å². The van der Waals surface area contributed by atoms with Gasteiger partial charge in [-0.3, -0.25) is 10.4 Å². The highest BCUT2D eigenvalue weighted by atomic mass is 19.1. The minimum absolute atomic E-state index is 0.0195. The van der Waals surface area contributed by atoms with Crippen LogP contribution in [-0.4, -0.2) is 46.3 Å². The van der Waals surface area contributed by atoms with Crippen molar-refractivity contribution in [3.05, 3.63) is 47.3 Å². The van der Waals surface area contributed by atoms with Crippen molar-refractivity contribution < 1.29 is 19.0 Å². The molecule has 0 heterocycles. The Kier molecular flexibility index (Phi) is 6.39. The molecule has 0 fully saturated rings. The summed E-state index contributed by atoms with van der Waals surface area (Å²) in [6, 6.07) is 2.66. The van der Waals surface area contributed by atoms with Crippen LogP contribution in [0.3, 0.4) is 0 Å². The Bertz CT molecular complexity index is 586. The van der Waals surface area contributed by atoms with Gasteiger partial charge in [-0.1, -0.05) is 6.07 Å². The fraction of sp³-hybridized carbons (Fsp3) is 0.308. The average molecular weight is 330 g/mol. The molecule has 1 rings (SSSR count). The number of nitrogens with one attached hydrogen (secondary N) is 1. The van der Waals surface area contributed by atoms with Gasteiger partial charge in [0.1, 0.15) is 17.2 Å². The minimum Gasteiger partial charge on any atom is -0.399 e.